The van der Waals surface area contributed by atoms with E-state index >= 15 is 0 Å². The first-order chi connectivity index (χ1) is 8.65. The Kier molecular flexibility index (Phi) is 4.27. The summed E-state index contributed by atoms with van der Waals surface area (Å²) >= 11 is 4.87. The van der Waals surface area contributed by atoms with Gasteiger partial charge in [-0.2, -0.15) is 0 Å². The Labute approximate surface area is 118 Å². The van der Waals surface area contributed by atoms with Crippen LogP contribution >= 0.6 is 27.3 Å². The summed E-state index contributed by atoms with van der Waals surface area (Å²) in [6, 6.07) is 7.28. The van der Waals surface area contributed by atoms with E-state index < -0.39 is 6.10 Å². The summed E-state index contributed by atoms with van der Waals surface area (Å²) in [6.07, 6.45) is -0.716. The molecule has 2 aromatic rings. The van der Waals surface area contributed by atoms with Gasteiger partial charge in [0.25, 0.3) is 0 Å². The van der Waals surface area contributed by atoms with E-state index in [1.165, 1.54) is 11.3 Å². The van der Waals surface area contributed by atoms with E-state index in [9.17, 15) is 5.11 Å². The van der Waals surface area contributed by atoms with Crippen LogP contribution in [0.4, 0.5) is 0 Å². The van der Waals surface area contributed by atoms with Crippen LogP contribution in [0.25, 0.3) is 0 Å². The van der Waals surface area contributed by atoms with Crippen molar-refractivity contribution in [1.29, 1.82) is 0 Å². The highest BCUT2D eigenvalue weighted by Gasteiger charge is 2.18. The van der Waals surface area contributed by atoms with Crippen LogP contribution in [0.3, 0.4) is 0 Å². The highest BCUT2D eigenvalue weighted by Crippen LogP contribution is 2.36. The quantitative estimate of drug-likeness (QED) is 0.931. The van der Waals surface area contributed by atoms with Gasteiger partial charge in [0, 0.05) is 20.3 Å². The van der Waals surface area contributed by atoms with Crippen LogP contribution in [0.2, 0.25) is 0 Å². The molecule has 2 rings (SSSR count). The minimum absolute atomic E-state index is 0.646. The van der Waals surface area contributed by atoms with Gasteiger partial charge in [0.2, 0.25) is 0 Å². The molecule has 18 heavy (non-hydrogen) atoms. The van der Waals surface area contributed by atoms with Crippen molar-refractivity contribution < 1.29 is 14.6 Å². The summed E-state index contributed by atoms with van der Waals surface area (Å²) in [5.74, 6) is 1.34. The third-order valence-electron chi connectivity index (χ3n) is 2.59. The molecular weight excluding hydrogens is 316 g/mol. The zero-order valence-corrected chi connectivity index (χ0v) is 12.4. The van der Waals surface area contributed by atoms with Crippen molar-refractivity contribution in [3.05, 3.63) is 44.6 Å². The Morgan fingerprint density at radius 1 is 1.22 bits per heavy atom. The van der Waals surface area contributed by atoms with Crippen LogP contribution in [-0.4, -0.2) is 19.3 Å². The predicted molar refractivity (Wildman–Crippen MR) is 75.6 cm³/mol. The smallest absolute Gasteiger partial charge is 0.125 e. The van der Waals surface area contributed by atoms with Gasteiger partial charge < -0.3 is 14.6 Å². The van der Waals surface area contributed by atoms with E-state index in [1.807, 2.05) is 11.4 Å². The number of benzene rings is 1. The maximum atomic E-state index is 10.4. The zero-order chi connectivity index (χ0) is 13.1. The highest BCUT2D eigenvalue weighted by atomic mass is 79.9. The lowest BCUT2D eigenvalue weighted by Crippen LogP contribution is -2.01. The standard InChI is InChI=1S/C13H13BrO3S/c1-16-9-3-4-11(17-2)10(6-9)13(15)12-5-8(14)7-18-12/h3-7,13,15H,1-2H3. The molecule has 0 aliphatic carbocycles. The van der Waals surface area contributed by atoms with Gasteiger partial charge in [0.15, 0.2) is 0 Å². The van der Waals surface area contributed by atoms with Gasteiger partial charge in [0.1, 0.15) is 17.6 Å². The molecule has 5 heteroatoms. The van der Waals surface area contributed by atoms with Crippen LogP contribution in [0.15, 0.2) is 34.1 Å². The van der Waals surface area contributed by atoms with E-state index in [-0.39, 0.29) is 0 Å². The predicted octanol–water partition coefficient (Wildman–Crippen LogP) is 3.61. The summed E-state index contributed by atoms with van der Waals surface area (Å²) < 4.78 is 11.4. The molecule has 3 nitrogen and oxygen atoms in total. The number of methoxy groups -OCH3 is 2. The van der Waals surface area contributed by atoms with Gasteiger partial charge in [-0.05, 0) is 40.2 Å². The first-order valence-electron chi connectivity index (χ1n) is 5.29. The Balaban J connectivity index is 2.41. The minimum atomic E-state index is -0.716. The second-order valence-electron chi connectivity index (χ2n) is 3.68. The van der Waals surface area contributed by atoms with Gasteiger partial charge in [-0.15, -0.1) is 11.3 Å². The Hall–Kier alpha value is -1.04. The van der Waals surface area contributed by atoms with Crippen molar-refractivity contribution in [3.8, 4) is 11.5 Å². The molecule has 0 spiro atoms. The van der Waals surface area contributed by atoms with Crippen LogP contribution in [0.5, 0.6) is 11.5 Å². The number of thiophene rings is 1. The summed E-state index contributed by atoms with van der Waals surface area (Å²) in [5, 5.41) is 12.3. The van der Waals surface area contributed by atoms with E-state index in [0.29, 0.717) is 17.1 Å². The fourth-order valence-corrected chi connectivity index (χ4v) is 3.12. The molecule has 96 valence electrons. The summed E-state index contributed by atoms with van der Waals surface area (Å²) in [7, 11) is 3.18. The lowest BCUT2D eigenvalue weighted by molar-refractivity contribution is 0.218. The number of hydrogen-bond acceptors (Lipinski definition) is 4. The van der Waals surface area contributed by atoms with Crippen molar-refractivity contribution >= 4 is 27.3 Å². The number of hydrogen-bond donors (Lipinski definition) is 1. The first kappa shape index (κ1) is 13.4. The molecule has 1 N–H and O–H groups in total. The number of aliphatic hydroxyl groups is 1. The Morgan fingerprint density at radius 3 is 2.56 bits per heavy atom. The zero-order valence-electron chi connectivity index (χ0n) is 10.0. The molecule has 0 bridgehead atoms. The van der Waals surface area contributed by atoms with Gasteiger partial charge in [-0.3, -0.25) is 0 Å². The number of halogens is 1. The second kappa shape index (κ2) is 5.73. The maximum Gasteiger partial charge on any atom is 0.125 e. The van der Waals surface area contributed by atoms with Crippen molar-refractivity contribution in [2.75, 3.05) is 14.2 Å². The van der Waals surface area contributed by atoms with E-state index in [0.717, 1.165) is 9.35 Å². The van der Waals surface area contributed by atoms with Gasteiger partial charge in [-0.25, -0.2) is 0 Å². The summed E-state index contributed by atoms with van der Waals surface area (Å²) in [4.78, 5) is 0.855. The monoisotopic (exact) mass is 328 g/mol. The number of ether oxygens (including phenoxy) is 2. The molecule has 0 aliphatic rings. The number of aliphatic hydroxyl groups excluding tert-OH is 1. The Bertz CT molecular complexity index is 539. The largest absolute Gasteiger partial charge is 0.497 e. The minimum Gasteiger partial charge on any atom is -0.497 e. The molecule has 0 amide bonds. The molecule has 1 aromatic carbocycles. The second-order valence-corrected chi connectivity index (χ2v) is 5.54. The summed E-state index contributed by atoms with van der Waals surface area (Å²) in [6.45, 7) is 0. The third-order valence-corrected chi connectivity index (χ3v) is 4.33. The summed E-state index contributed by atoms with van der Waals surface area (Å²) in [5.41, 5.74) is 0.700. The third kappa shape index (κ3) is 2.68. The van der Waals surface area contributed by atoms with Gasteiger partial charge in [0.05, 0.1) is 14.2 Å². The first-order valence-corrected chi connectivity index (χ1v) is 6.97. The maximum absolute atomic E-state index is 10.4. The van der Waals surface area contributed by atoms with Crippen LogP contribution < -0.4 is 9.47 Å². The van der Waals surface area contributed by atoms with Crippen LogP contribution in [-0.2, 0) is 0 Å². The Morgan fingerprint density at radius 2 is 2.00 bits per heavy atom. The van der Waals surface area contributed by atoms with Gasteiger partial charge >= 0.3 is 0 Å². The average Bonchev–Trinajstić information content (AvgIpc) is 2.83. The molecule has 0 radical (unpaired) electrons. The molecule has 0 aliphatic heterocycles. The fourth-order valence-electron chi connectivity index (χ4n) is 1.68. The molecule has 0 saturated heterocycles. The topological polar surface area (TPSA) is 38.7 Å². The van der Waals surface area contributed by atoms with E-state index in [2.05, 4.69) is 15.9 Å². The molecule has 1 heterocycles. The van der Waals surface area contributed by atoms with Gasteiger partial charge in [-0.1, -0.05) is 0 Å². The lowest BCUT2D eigenvalue weighted by Gasteiger charge is -2.14. The van der Waals surface area contributed by atoms with Crippen molar-refractivity contribution in [3.63, 3.8) is 0 Å². The van der Waals surface area contributed by atoms with E-state index in [4.69, 9.17) is 9.47 Å². The number of rotatable bonds is 4. The highest BCUT2D eigenvalue weighted by molar-refractivity contribution is 9.10. The normalized spacial score (nSPS) is 12.2. The SMILES string of the molecule is COc1ccc(OC)c(C(O)c2cc(Br)cs2)c1. The molecular formula is C13H13BrO3S. The average molecular weight is 329 g/mol. The van der Waals surface area contributed by atoms with Crippen LogP contribution in [0.1, 0.15) is 16.5 Å². The molecule has 1 atom stereocenters. The van der Waals surface area contributed by atoms with Crippen molar-refractivity contribution in [2.24, 2.45) is 0 Å². The lowest BCUT2D eigenvalue weighted by atomic mass is 10.1. The molecule has 0 fully saturated rings. The van der Waals surface area contributed by atoms with Crippen molar-refractivity contribution in [2.45, 2.75) is 6.10 Å². The molecule has 1 aromatic heterocycles. The molecule has 1 unspecified atom stereocenters. The van der Waals surface area contributed by atoms with Crippen molar-refractivity contribution in [1.82, 2.24) is 0 Å². The van der Waals surface area contributed by atoms with E-state index in [1.54, 1.807) is 32.4 Å². The molecule has 0 saturated carbocycles. The fraction of sp³-hybridized carbons (Fsp3) is 0.231. The van der Waals surface area contributed by atoms with Crippen LogP contribution in [0, 0.1) is 0 Å².